The molecular formula is C14H11N3O4. The van der Waals surface area contributed by atoms with Crippen LogP contribution in [0.5, 0.6) is 11.5 Å². The van der Waals surface area contributed by atoms with Crippen molar-refractivity contribution in [3.63, 3.8) is 0 Å². The van der Waals surface area contributed by atoms with Gasteiger partial charge in [-0.25, -0.2) is 0 Å². The third kappa shape index (κ3) is 1.97. The maximum atomic E-state index is 12.1. The van der Waals surface area contributed by atoms with Crippen LogP contribution in [0.15, 0.2) is 17.7 Å². The fourth-order valence-corrected chi connectivity index (χ4v) is 2.30. The highest BCUT2D eigenvalue weighted by Crippen LogP contribution is 2.42. The van der Waals surface area contributed by atoms with Gasteiger partial charge >= 0.3 is 0 Å². The lowest BCUT2D eigenvalue weighted by atomic mass is 10.0. The van der Waals surface area contributed by atoms with Gasteiger partial charge in [-0.05, 0) is 6.07 Å². The lowest BCUT2D eigenvalue weighted by molar-refractivity contribution is -0.117. The van der Waals surface area contributed by atoms with Crippen molar-refractivity contribution >= 4 is 23.1 Å². The van der Waals surface area contributed by atoms with E-state index in [4.69, 9.17) is 14.7 Å². The number of hydrogen-bond acceptors (Lipinski definition) is 5. The van der Waals surface area contributed by atoms with Crippen LogP contribution in [-0.4, -0.2) is 32.1 Å². The number of hydrogen-bond donors (Lipinski definition) is 2. The van der Waals surface area contributed by atoms with Gasteiger partial charge in [0.2, 0.25) is 0 Å². The van der Waals surface area contributed by atoms with E-state index in [1.165, 1.54) is 7.05 Å². The van der Waals surface area contributed by atoms with Crippen LogP contribution in [0, 0.1) is 11.3 Å². The van der Waals surface area contributed by atoms with E-state index in [1.54, 1.807) is 18.2 Å². The quantitative estimate of drug-likeness (QED) is 0.576. The first-order chi connectivity index (χ1) is 10.2. The highest BCUT2D eigenvalue weighted by Gasteiger charge is 2.32. The molecule has 0 fully saturated rings. The topological polar surface area (TPSA) is 100 Å². The number of nitriles is 1. The second-order valence-corrected chi connectivity index (χ2v) is 4.44. The van der Waals surface area contributed by atoms with E-state index in [9.17, 15) is 9.59 Å². The number of nitrogens with zero attached hydrogens (tertiary/aromatic N) is 1. The Morgan fingerprint density at radius 2 is 2.00 bits per heavy atom. The van der Waals surface area contributed by atoms with Gasteiger partial charge in [-0.15, -0.1) is 0 Å². The predicted molar refractivity (Wildman–Crippen MR) is 72.7 cm³/mol. The molecule has 0 atom stereocenters. The molecule has 7 nitrogen and oxygen atoms in total. The zero-order valence-electron chi connectivity index (χ0n) is 11.1. The van der Waals surface area contributed by atoms with Gasteiger partial charge in [0.05, 0.1) is 11.3 Å². The molecule has 2 aliphatic rings. The Labute approximate surface area is 120 Å². The minimum atomic E-state index is -0.606. The monoisotopic (exact) mass is 285 g/mol. The summed E-state index contributed by atoms with van der Waals surface area (Å²) in [6.07, 6.45) is 0. The molecule has 0 unspecified atom stereocenters. The number of carbonyl (C=O) groups excluding carboxylic acids is 2. The van der Waals surface area contributed by atoms with Gasteiger partial charge in [-0.2, -0.15) is 5.26 Å². The van der Waals surface area contributed by atoms with Crippen LogP contribution >= 0.6 is 0 Å². The van der Waals surface area contributed by atoms with Gasteiger partial charge < -0.3 is 20.1 Å². The molecule has 2 amide bonds. The molecule has 7 heteroatoms. The summed E-state index contributed by atoms with van der Waals surface area (Å²) in [4.78, 5) is 23.8. The fourth-order valence-electron chi connectivity index (χ4n) is 2.30. The molecule has 0 aliphatic carbocycles. The van der Waals surface area contributed by atoms with E-state index in [2.05, 4.69) is 10.6 Å². The lowest BCUT2D eigenvalue weighted by Crippen LogP contribution is -2.22. The molecule has 3 rings (SSSR count). The molecule has 2 heterocycles. The van der Waals surface area contributed by atoms with Crippen LogP contribution in [0.1, 0.15) is 5.56 Å². The van der Waals surface area contributed by atoms with Crippen LogP contribution in [0.2, 0.25) is 0 Å². The molecule has 2 aliphatic heterocycles. The summed E-state index contributed by atoms with van der Waals surface area (Å²) < 4.78 is 10.9. The molecule has 106 valence electrons. The molecule has 0 aromatic heterocycles. The Morgan fingerprint density at radius 1 is 1.33 bits per heavy atom. The van der Waals surface area contributed by atoms with E-state index in [-0.39, 0.29) is 11.1 Å². The molecule has 0 radical (unpaired) electrons. The first kappa shape index (κ1) is 13.0. The summed E-state index contributed by atoms with van der Waals surface area (Å²) in [6, 6.07) is 5.02. The molecule has 1 aromatic carbocycles. The van der Waals surface area contributed by atoms with Gasteiger partial charge in [0.1, 0.15) is 24.9 Å². The summed E-state index contributed by atoms with van der Waals surface area (Å²) in [7, 11) is 1.40. The van der Waals surface area contributed by atoms with Crippen molar-refractivity contribution in [1.29, 1.82) is 5.26 Å². The Balaban J connectivity index is 2.20. The van der Waals surface area contributed by atoms with Crippen molar-refractivity contribution in [2.24, 2.45) is 0 Å². The summed E-state index contributed by atoms with van der Waals surface area (Å²) >= 11 is 0. The van der Waals surface area contributed by atoms with Gasteiger partial charge in [0.25, 0.3) is 11.8 Å². The largest absolute Gasteiger partial charge is 0.486 e. The Hall–Kier alpha value is -3.01. The van der Waals surface area contributed by atoms with Crippen molar-refractivity contribution < 1.29 is 19.1 Å². The van der Waals surface area contributed by atoms with Gasteiger partial charge in [-0.1, -0.05) is 0 Å². The van der Waals surface area contributed by atoms with E-state index in [0.29, 0.717) is 36.0 Å². The molecular weight excluding hydrogens is 274 g/mol. The van der Waals surface area contributed by atoms with Crippen LogP contribution in [0.25, 0.3) is 5.57 Å². The van der Waals surface area contributed by atoms with E-state index in [0.717, 1.165) is 0 Å². The fraction of sp³-hybridized carbons (Fsp3) is 0.214. The number of rotatable bonds is 1. The summed E-state index contributed by atoms with van der Waals surface area (Å²) in [5.41, 5.74) is 0.773. The number of anilines is 1. The highest BCUT2D eigenvalue weighted by atomic mass is 16.6. The number of amides is 2. The third-order valence-corrected chi connectivity index (χ3v) is 3.24. The van der Waals surface area contributed by atoms with Crippen molar-refractivity contribution in [3.05, 3.63) is 23.3 Å². The molecule has 0 spiro atoms. The standard InChI is InChI=1S/C14H11N3O4/c1-16-13(18)8(6-15)12-7-4-10-11(21-3-2-20-10)5-9(7)17-14(12)19/h4-5H,2-3H2,1H3,(H,16,18)(H,17,19). The number of ether oxygens (including phenoxy) is 2. The predicted octanol–water partition coefficient (Wildman–Crippen LogP) is 0.433. The number of nitrogens with one attached hydrogen (secondary N) is 2. The molecule has 21 heavy (non-hydrogen) atoms. The molecule has 0 saturated carbocycles. The maximum absolute atomic E-state index is 12.1. The second-order valence-electron chi connectivity index (χ2n) is 4.44. The Kier molecular flexibility index (Phi) is 2.99. The summed E-state index contributed by atoms with van der Waals surface area (Å²) in [6.45, 7) is 0.844. The van der Waals surface area contributed by atoms with Crippen LogP contribution in [0.4, 0.5) is 5.69 Å². The number of carbonyl (C=O) groups is 2. The van der Waals surface area contributed by atoms with Gasteiger partial charge in [0.15, 0.2) is 11.5 Å². The Morgan fingerprint density at radius 3 is 2.62 bits per heavy atom. The maximum Gasteiger partial charge on any atom is 0.262 e. The number of likely N-dealkylation sites (N-methyl/N-ethyl adjacent to an activating group) is 1. The Bertz CT molecular complexity index is 730. The highest BCUT2D eigenvalue weighted by molar-refractivity contribution is 6.36. The van der Waals surface area contributed by atoms with Crippen LogP contribution in [0.3, 0.4) is 0 Å². The third-order valence-electron chi connectivity index (χ3n) is 3.24. The number of benzene rings is 1. The number of fused-ring (bicyclic) bond motifs is 2. The van der Waals surface area contributed by atoms with Crippen molar-refractivity contribution in [1.82, 2.24) is 5.32 Å². The minimum Gasteiger partial charge on any atom is -0.486 e. The first-order valence-electron chi connectivity index (χ1n) is 6.27. The average Bonchev–Trinajstić information content (AvgIpc) is 2.81. The molecule has 0 saturated heterocycles. The normalized spacial score (nSPS) is 17.4. The first-order valence-corrected chi connectivity index (χ1v) is 6.27. The van der Waals surface area contributed by atoms with Crippen molar-refractivity contribution in [3.8, 4) is 17.6 Å². The second kappa shape index (κ2) is 4.83. The molecule has 2 N–H and O–H groups in total. The lowest BCUT2D eigenvalue weighted by Gasteiger charge is -2.19. The van der Waals surface area contributed by atoms with Crippen LogP contribution < -0.4 is 20.1 Å². The van der Waals surface area contributed by atoms with Crippen molar-refractivity contribution in [2.45, 2.75) is 0 Å². The summed E-state index contributed by atoms with van der Waals surface area (Å²) in [5, 5.41) is 14.1. The molecule has 0 bridgehead atoms. The van der Waals surface area contributed by atoms with E-state index in [1.807, 2.05) is 0 Å². The SMILES string of the molecule is CNC(=O)C(C#N)=C1C(=O)Nc2cc3c(cc21)OCCO3. The minimum absolute atomic E-state index is 0.0452. The van der Waals surface area contributed by atoms with Gasteiger partial charge in [0, 0.05) is 18.7 Å². The van der Waals surface area contributed by atoms with E-state index >= 15 is 0 Å². The molecule has 1 aromatic rings. The smallest absolute Gasteiger partial charge is 0.262 e. The average molecular weight is 285 g/mol. The van der Waals surface area contributed by atoms with E-state index < -0.39 is 11.8 Å². The zero-order chi connectivity index (χ0) is 15.0. The van der Waals surface area contributed by atoms with Gasteiger partial charge in [-0.3, -0.25) is 9.59 Å². The van der Waals surface area contributed by atoms with Crippen LogP contribution in [-0.2, 0) is 9.59 Å². The van der Waals surface area contributed by atoms with Crippen molar-refractivity contribution in [2.75, 3.05) is 25.6 Å². The zero-order valence-corrected chi connectivity index (χ0v) is 11.1. The summed E-state index contributed by atoms with van der Waals surface area (Å²) in [5.74, 6) is -0.0823.